The zero-order valence-electron chi connectivity index (χ0n) is 10.0. The number of rotatable bonds is 2. The van der Waals surface area contributed by atoms with Crippen molar-refractivity contribution in [3.63, 3.8) is 0 Å². The number of amides is 1. The summed E-state index contributed by atoms with van der Waals surface area (Å²) in [5.74, 6) is -2.11. The van der Waals surface area contributed by atoms with Crippen molar-refractivity contribution in [3.8, 4) is 0 Å². The molecule has 0 unspecified atom stereocenters. The third-order valence-electron chi connectivity index (χ3n) is 2.55. The van der Waals surface area contributed by atoms with E-state index < -0.39 is 17.5 Å². The minimum absolute atomic E-state index is 0.326. The molecule has 98 valence electrons. The SMILES string of the molecule is Cc1ccc(NC(=O)c2cc(F)ccc2F)c(Br)c1. The van der Waals surface area contributed by atoms with Gasteiger partial charge in [0, 0.05) is 4.47 Å². The number of nitrogens with one attached hydrogen (secondary N) is 1. The second-order valence-corrected chi connectivity index (χ2v) is 4.92. The van der Waals surface area contributed by atoms with Crippen LogP contribution in [0.15, 0.2) is 40.9 Å². The van der Waals surface area contributed by atoms with Crippen molar-refractivity contribution in [3.05, 3.63) is 63.6 Å². The van der Waals surface area contributed by atoms with Crippen LogP contribution in [-0.4, -0.2) is 5.91 Å². The van der Waals surface area contributed by atoms with Crippen LogP contribution in [0.1, 0.15) is 15.9 Å². The predicted molar refractivity (Wildman–Crippen MR) is 73.2 cm³/mol. The van der Waals surface area contributed by atoms with Crippen LogP contribution in [-0.2, 0) is 0 Å². The van der Waals surface area contributed by atoms with Crippen LogP contribution in [0.3, 0.4) is 0 Å². The van der Waals surface area contributed by atoms with E-state index in [9.17, 15) is 13.6 Å². The molecule has 0 radical (unpaired) electrons. The molecule has 0 fully saturated rings. The van der Waals surface area contributed by atoms with Gasteiger partial charge in [0.2, 0.25) is 0 Å². The Bertz CT molecular complexity index is 643. The first-order valence-electron chi connectivity index (χ1n) is 5.50. The van der Waals surface area contributed by atoms with E-state index in [4.69, 9.17) is 0 Å². The van der Waals surface area contributed by atoms with Gasteiger partial charge in [0.25, 0.3) is 5.91 Å². The Morgan fingerprint density at radius 3 is 2.58 bits per heavy atom. The standard InChI is InChI=1S/C14H10BrF2NO/c1-8-2-5-13(11(15)6-8)18-14(19)10-7-9(16)3-4-12(10)17/h2-7H,1H3,(H,18,19). The van der Waals surface area contributed by atoms with Crippen LogP contribution in [0.5, 0.6) is 0 Å². The Kier molecular flexibility index (Phi) is 3.95. The maximum Gasteiger partial charge on any atom is 0.258 e. The third-order valence-corrected chi connectivity index (χ3v) is 3.20. The molecule has 19 heavy (non-hydrogen) atoms. The molecule has 2 aromatic rings. The number of hydrogen-bond donors (Lipinski definition) is 1. The first-order chi connectivity index (χ1) is 8.97. The highest BCUT2D eigenvalue weighted by atomic mass is 79.9. The summed E-state index contributed by atoms with van der Waals surface area (Å²) < 4.78 is 27.1. The minimum Gasteiger partial charge on any atom is -0.321 e. The Balaban J connectivity index is 2.28. The quantitative estimate of drug-likeness (QED) is 0.876. The Labute approximate surface area is 117 Å². The minimum atomic E-state index is -0.762. The van der Waals surface area contributed by atoms with E-state index in [1.54, 1.807) is 6.07 Å². The van der Waals surface area contributed by atoms with Crippen molar-refractivity contribution in [2.24, 2.45) is 0 Å². The van der Waals surface area contributed by atoms with E-state index in [0.29, 0.717) is 10.2 Å². The molecule has 2 rings (SSSR count). The average Bonchev–Trinajstić information content (AvgIpc) is 2.35. The van der Waals surface area contributed by atoms with Gasteiger partial charge >= 0.3 is 0 Å². The van der Waals surface area contributed by atoms with Gasteiger partial charge in [-0.3, -0.25) is 4.79 Å². The molecule has 0 saturated carbocycles. The van der Waals surface area contributed by atoms with Crippen LogP contribution >= 0.6 is 15.9 Å². The highest BCUT2D eigenvalue weighted by Crippen LogP contribution is 2.24. The molecule has 1 amide bonds. The van der Waals surface area contributed by atoms with Crippen LogP contribution in [0.4, 0.5) is 14.5 Å². The molecule has 0 aliphatic heterocycles. The number of aryl methyl sites for hydroxylation is 1. The van der Waals surface area contributed by atoms with Crippen molar-refractivity contribution in [1.82, 2.24) is 0 Å². The van der Waals surface area contributed by atoms with E-state index in [2.05, 4.69) is 21.2 Å². The van der Waals surface area contributed by atoms with E-state index in [1.165, 1.54) is 0 Å². The first kappa shape index (κ1) is 13.7. The van der Waals surface area contributed by atoms with Crippen molar-refractivity contribution >= 4 is 27.5 Å². The Hall–Kier alpha value is -1.75. The Morgan fingerprint density at radius 1 is 1.16 bits per heavy atom. The van der Waals surface area contributed by atoms with Crippen molar-refractivity contribution < 1.29 is 13.6 Å². The summed E-state index contributed by atoms with van der Waals surface area (Å²) in [5, 5.41) is 2.53. The van der Waals surface area contributed by atoms with E-state index in [0.717, 1.165) is 23.8 Å². The maximum absolute atomic E-state index is 13.4. The molecule has 1 N–H and O–H groups in total. The predicted octanol–water partition coefficient (Wildman–Crippen LogP) is 4.29. The number of carbonyl (C=O) groups excluding carboxylic acids is 1. The monoisotopic (exact) mass is 325 g/mol. The van der Waals surface area contributed by atoms with Gasteiger partial charge in [-0.25, -0.2) is 8.78 Å². The van der Waals surface area contributed by atoms with E-state index in [1.807, 2.05) is 19.1 Å². The van der Waals surface area contributed by atoms with Gasteiger partial charge in [-0.1, -0.05) is 6.07 Å². The fourth-order valence-electron chi connectivity index (χ4n) is 1.58. The molecule has 0 aromatic heterocycles. The fourth-order valence-corrected chi connectivity index (χ4v) is 2.18. The van der Waals surface area contributed by atoms with Gasteiger partial charge in [-0.2, -0.15) is 0 Å². The molecule has 0 saturated heterocycles. The summed E-state index contributed by atoms with van der Waals surface area (Å²) in [6, 6.07) is 8.07. The number of halogens is 3. The molecule has 2 aromatic carbocycles. The lowest BCUT2D eigenvalue weighted by molar-refractivity contribution is 0.102. The van der Waals surface area contributed by atoms with Crippen LogP contribution in [0, 0.1) is 18.6 Å². The summed E-state index contributed by atoms with van der Waals surface area (Å²) >= 11 is 3.30. The lowest BCUT2D eigenvalue weighted by Gasteiger charge is -2.08. The highest BCUT2D eigenvalue weighted by Gasteiger charge is 2.14. The highest BCUT2D eigenvalue weighted by molar-refractivity contribution is 9.10. The normalized spacial score (nSPS) is 10.3. The van der Waals surface area contributed by atoms with Crippen LogP contribution < -0.4 is 5.32 Å². The fraction of sp³-hybridized carbons (Fsp3) is 0.0714. The van der Waals surface area contributed by atoms with E-state index in [-0.39, 0.29) is 5.56 Å². The Morgan fingerprint density at radius 2 is 1.89 bits per heavy atom. The van der Waals surface area contributed by atoms with E-state index >= 15 is 0 Å². The third kappa shape index (κ3) is 3.17. The summed E-state index contributed by atoms with van der Waals surface area (Å²) in [5.41, 5.74) is 1.19. The van der Waals surface area contributed by atoms with Crippen molar-refractivity contribution in [1.29, 1.82) is 0 Å². The molecule has 5 heteroatoms. The molecule has 2 nitrogen and oxygen atoms in total. The van der Waals surface area contributed by atoms with Gasteiger partial charge in [0.1, 0.15) is 11.6 Å². The lowest BCUT2D eigenvalue weighted by Crippen LogP contribution is -2.14. The summed E-state index contributed by atoms with van der Waals surface area (Å²) in [6.07, 6.45) is 0. The van der Waals surface area contributed by atoms with Gasteiger partial charge in [-0.15, -0.1) is 0 Å². The zero-order chi connectivity index (χ0) is 14.0. The molecule has 0 bridgehead atoms. The molecular weight excluding hydrogens is 316 g/mol. The second-order valence-electron chi connectivity index (χ2n) is 4.06. The summed E-state index contributed by atoms with van der Waals surface area (Å²) in [7, 11) is 0. The van der Waals surface area contributed by atoms with Gasteiger partial charge in [0.15, 0.2) is 0 Å². The largest absolute Gasteiger partial charge is 0.321 e. The molecule has 0 spiro atoms. The lowest BCUT2D eigenvalue weighted by atomic mass is 10.1. The van der Waals surface area contributed by atoms with Crippen molar-refractivity contribution in [2.45, 2.75) is 6.92 Å². The van der Waals surface area contributed by atoms with Gasteiger partial charge < -0.3 is 5.32 Å². The zero-order valence-corrected chi connectivity index (χ0v) is 11.6. The number of anilines is 1. The summed E-state index contributed by atoms with van der Waals surface area (Å²) in [4.78, 5) is 11.9. The van der Waals surface area contributed by atoms with Crippen LogP contribution in [0.2, 0.25) is 0 Å². The molecular formula is C14H10BrF2NO. The van der Waals surface area contributed by atoms with Gasteiger partial charge in [-0.05, 0) is 58.7 Å². The molecule has 0 aliphatic rings. The van der Waals surface area contributed by atoms with Gasteiger partial charge in [0.05, 0.1) is 11.3 Å². The van der Waals surface area contributed by atoms with Crippen LogP contribution in [0.25, 0.3) is 0 Å². The first-order valence-corrected chi connectivity index (χ1v) is 6.29. The molecule has 0 atom stereocenters. The number of hydrogen-bond acceptors (Lipinski definition) is 1. The summed E-state index contributed by atoms with van der Waals surface area (Å²) in [6.45, 7) is 1.91. The second kappa shape index (κ2) is 5.48. The molecule has 0 aliphatic carbocycles. The van der Waals surface area contributed by atoms with Crippen molar-refractivity contribution in [2.75, 3.05) is 5.32 Å². The smallest absolute Gasteiger partial charge is 0.258 e. The maximum atomic E-state index is 13.4. The number of carbonyl (C=O) groups is 1. The molecule has 0 heterocycles. The average molecular weight is 326 g/mol. The number of benzene rings is 2. The topological polar surface area (TPSA) is 29.1 Å².